The Hall–Kier alpha value is -2.45. The molecule has 0 radical (unpaired) electrons. The molecule has 1 N–H and O–H groups in total. The molecule has 0 aliphatic heterocycles. The van der Waals surface area contributed by atoms with Gasteiger partial charge in [-0.15, -0.1) is 5.10 Å². The predicted octanol–water partition coefficient (Wildman–Crippen LogP) is 3.06. The van der Waals surface area contributed by atoms with Gasteiger partial charge < -0.3 is 10.1 Å². The fourth-order valence-electron chi connectivity index (χ4n) is 1.20. The number of hydrogen-bond acceptors (Lipinski definition) is 6. The number of rotatable bonds is 3. The number of nitrogens with zero attached hydrogens (tertiary/aromatic N) is 4. The normalized spacial score (nSPS) is 10.4. The Kier molecular flexibility index (Phi) is 5.82. The Balaban J connectivity index is 0.00000106. The lowest BCUT2D eigenvalue weighted by molar-refractivity contribution is -0.137. The summed E-state index contributed by atoms with van der Waals surface area (Å²) in [7, 11) is 1.43. The van der Waals surface area contributed by atoms with Crippen LogP contribution in [-0.2, 0) is 6.18 Å². The van der Waals surface area contributed by atoms with Crippen molar-refractivity contribution < 1.29 is 17.9 Å². The van der Waals surface area contributed by atoms with E-state index in [1.54, 1.807) is 0 Å². The van der Waals surface area contributed by atoms with Crippen LogP contribution >= 0.6 is 0 Å². The van der Waals surface area contributed by atoms with Gasteiger partial charge in [-0.25, -0.2) is 9.97 Å². The first-order chi connectivity index (χ1) is 9.99. The molecule has 0 bridgehead atoms. The molecule has 0 atom stereocenters. The minimum atomic E-state index is -4.47. The van der Waals surface area contributed by atoms with Gasteiger partial charge in [0.1, 0.15) is 5.82 Å². The van der Waals surface area contributed by atoms with E-state index in [0.29, 0.717) is 12.1 Å². The molecule has 2 aromatic rings. The van der Waals surface area contributed by atoms with E-state index >= 15 is 0 Å². The van der Waals surface area contributed by atoms with Crippen LogP contribution in [-0.4, -0.2) is 27.3 Å². The molecule has 21 heavy (non-hydrogen) atoms. The van der Waals surface area contributed by atoms with Gasteiger partial charge in [-0.2, -0.15) is 18.3 Å². The highest BCUT2D eigenvalue weighted by atomic mass is 19.4. The Morgan fingerprint density at radius 3 is 2.29 bits per heavy atom. The van der Waals surface area contributed by atoms with Crippen LogP contribution in [0.5, 0.6) is 5.88 Å². The molecule has 0 aromatic carbocycles. The fraction of sp³-hybridized carbons (Fsp3) is 0.333. The van der Waals surface area contributed by atoms with E-state index in [-0.39, 0.29) is 11.6 Å². The summed E-state index contributed by atoms with van der Waals surface area (Å²) in [4.78, 5) is 7.74. The average Bonchev–Trinajstić information content (AvgIpc) is 2.49. The van der Waals surface area contributed by atoms with Crippen LogP contribution in [0.15, 0.2) is 24.7 Å². The average molecular weight is 301 g/mol. The summed E-state index contributed by atoms with van der Waals surface area (Å²) in [6, 6.07) is 0.832. The fourth-order valence-corrected chi connectivity index (χ4v) is 1.20. The van der Waals surface area contributed by atoms with Gasteiger partial charge >= 0.3 is 6.18 Å². The van der Waals surface area contributed by atoms with Gasteiger partial charge in [0.05, 0.1) is 31.3 Å². The summed E-state index contributed by atoms with van der Waals surface area (Å²) in [5.74, 6) is 0.449. The highest BCUT2D eigenvalue weighted by molar-refractivity contribution is 5.50. The first-order valence-electron chi connectivity index (χ1n) is 6.02. The zero-order chi connectivity index (χ0) is 15.9. The molecule has 0 spiro atoms. The van der Waals surface area contributed by atoms with Gasteiger partial charge in [0.15, 0.2) is 5.82 Å². The van der Waals surface area contributed by atoms with Gasteiger partial charge in [-0.1, -0.05) is 13.8 Å². The molecular formula is C12H14F3N5O. The summed E-state index contributed by atoms with van der Waals surface area (Å²) in [6.07, 6.45) is -1.20. The molecule has 0 amide bonds. The van der Waals surface area contributed by atoms with Crippen LogP contribution in [0.2, 0.25) is 0 Å². The van der Waals surface area contributed by atoms with Crippen LogP contribution < -0.4 is 10.1 Å². The number of aromatic nitrogens is 4. The van der Waals surface area contributed by atoms with Crippen molar-refractivity contribution in [3.8, 4) is 5.88 Å². The van der Waals surface area contributed by atoms with E-state index in [1.807, 2.05) is 13.8 Å². The summed E-state index contributed by atoms with van der Waals surface area (Å²) in [5.41, 5.74) is -0.897. The molecule has 0 aliphatic rings. The minimum absolute atomic E-state index is 0.0747. The molecule has 0 saturated heterocycles. The third-order valence-electron chi connectivity index (χ3n) is 2.08. The monoisotopic (exact) mass is 301 g/mol. The summed E-state index contributed by atoms with van der Waals surface area (Å²) in [6.45, 7) is 4.00. The first kappa shape index (κ1) is 16.6. The van der Waals surface area contributed by atoms with Gasteiger partial charge in [0.25, 0.3) is 0 Å². The van der Waals surface area contributed by atoms with E-state index in [0.717, 1.165) is 6.07 Å². The van der Waals surface area contributed by atoms with Gasteiger partial charge in [-0.3, -0.25) is 0 Å². The maximum absolute atomic E-state index is 12.5. The second-order valence-electron chi connectivity index (χ2n) is 3.40. The highest BCUT2D eigenvalue weighted by Gasteiger charge is 2.31. The van der Waals surface area contributed by atoms with E-state index < -0.39 is 11.7 Å². The molecule has 2 heterocycles. The number of ether oxygens (including phenoxy) is 1. The summed E-state index contributed by atoms with van der Waals surface area (Å²) >= 11 is 0. The molecular weight excluding hydrogens is 287 g/mol. The Bertz CT molecular complexity index is 560. The number of alkyl halides is 3. The van der Waals surface area contributed by atoms with Gasteiger partial charge in [-0.05, 0) is 6.07 Å². The van der Waals surface area contributed by atoms with Crippen molar-refractivity contribution in [2.75, 3.05) is 12.4 Å². The maximum atomic E-state index is 12.5. The second-order valence-corrected chi connectivity index (χ2v) is 3.40. The molecule has 0 saturated carbocycles. The third-order valence-corrected chi connectivity index (χ3v) is 2.08. The third kappa shape index (κ3) is 4.86. The summed E-state index contributed by atoms with van der Waals surface area (Å²) < 4.78 is 42.2. The largest absolute Gasteiger partial charge is 0.480 e. The Morgan fingerprint density at radius 1 is 1.05 bits per heavy atom. The maximum Gasteiger partial charge on any atom is 0.418 e. The van der Waals surface area contributed by atoms with Crippen molar-refractivity contribution in [3.05, 3.63) is 30.2 Å². The van der Waals surface area contributed by atoms with Crippen LogP contribution in [0.25, 0.3) is 0 Å². The van der Waals surface area contributed by atoms with Crippen molar-refractivity contribution in [3.63, 3.8) is 0 Å². The smallest absolute Gasteiger partial charge is 0.418 e. The Labute approximate surface area is 119 Å². The number of methoxy groups -OCH3 is 1. The van der Waals surface area contributed by atoms with Crippen molar-refractivity contribution in [2.45, 2.75) is 20.0 Å². The number of halogens is 3. The van der Waals surface area contributed by atoms with E-state index in [4.69, 9.17) is 4.74 Å². The zero-order valence-corrected chi connectivity index (χ0v) is 11.6. The number of nitrogens with one attached hydrogen (secondary N) is 1. The van der Waals surface area contributed by atoms with Crippen molar-refractivity contribution >= 4 is 11.6 Å². The lowest BCUT2D eigenvalue weighted by atomic mass is 10.3. The molecule has 0 aliphatic carbocycles. The van der Waals surface area contributed by atoms with Crippen LogP contribution in [0, 0.1) is 0 Å². The number of hydrogen-bond donors (Lipinski definition) is 1. The van der Waals surface area contributed by atoms with E-state index in [1.165, 1.54) is 19.5 Å². The Morgan fingerprint density at radius 2 is 1.76 bits per heavy atom. The van der Waals surface area contributed by atoms with Crippen molar-refractivity contribution in [1.82, 2.24) is 20.2 Å². The topological polar surface area (TPSA) is 72.8 Å². The SMILES string of the molecule is CC.COc1cnc(Nc2cc(C(F)(F)F)cnn2)cn1. The molecule has 2 rings (SSSR count). The van der Waals surface area contributed by atoms with Gasteiger partial charge in [0.2, 0.25) is 5.88 Å². The van der Waals surface area contributed by atoms with Crippen LogP contribution in [0.1, 0.15) is 19.4 Å². The molecule has 9 heteroatoms. The van der Waals surface area contributed by atoms with Crippen LogP contribution in [0.4, 0.5) is 24.8 Å². The first-order valence-corrected chi connectivity index (χ1v) is 6.02. The lowest BCUT2D eigenvalue weighted by Gasteiger charge is -2.08. The highest BCUT2D eigenvalue weighted by Crippen LogP contribution is 2.29. The zero-order valence-electron chi connectivity index (χ0n) is 11.6. The van der Waals surface area contributed by atoms with Crippen LogP contribution in [0.3, 0.4) is 0 Å². The second kappa shape index (κ2) is 7.36. The van der Waals surface area contributed by atoms with E-state index in [9.17, 15) is 13.2 Å². The number of anilines is 2. The minimum Gasteiger partial charge on any atom is -0.480 e. The van der Waals surface area contributed by atoms with Gasteiger partial charge in [0, 0.05) is 0 Å². The van der Waals surface area contributed by atoms with Crippen molar-refractivity contribution in [1.29, 1.82) is 0 Å². The van der Waals surface area contributed by atoms with E-state index in [2.05, 4.69) is 25.5 Å². The molecule has 6 nitrogen and oxygen atoms in total. The molecule has 114 valence electrons. The summed E-state index contributed by atoms with van der Waals surface area (Å²) in [5, 5.41) is 9.37. The quantitative estimate of drug-likeness (QED) is 0.939. The van der Waals surface area contributed by atoms with Crippen molar-refractivity contribution in [2.24, 2.45) is 0 Å². The molecule has 2 aromatic heterocycles. The predicted molar refractivity (Wildman–Crippen MR) is 70.2 cm³/mol. The lowest BCUT2D eigenvalue weighted by Crippen LogP contribution is -2.08. The molecule has 0 unspecified atom stereocenters. The standard InChI is InChI=1S/C10H8F3N5O.C2H6/c1-19-9-5-14-8(4-15-9)17-7-2-6(3-16-18-7)10(11,12)13;1-2/h2-5H,1H3,(H,14,17,18);1-2H3. The molecule has 0 fully saturated rings.